The Balaban J connectivity index is 2.51. The van der Waals surface area contributed by atoms with Gasteiger partial charge in [0.05, 0.1) is 25.4 Å². The number of carbonyl (C=O) groups excluding carboxylic acids is 1. The highest BCUT2D eigenvalue weighted by Crippen LogP contribution is 2.26. The van der Waals surface area contributed by atoms with Crippen molar-refractivity contribution in [3.63, 3.8) is 0 Å². The van der Waals surface area contributed by atoms with E-state index in [0.29, 0.717) is 19.3 Å². The van der Waals surface area contributed by atoms with Crippen LogP contribution >= 0.6 is 0 Å². The minimum atomic E-state index is -5.10. The summed E-state index contributed by atoms with van der Waals surface area (Å²) < 4.78 is 47.5. The van der Waals surface area contributed by atoms with E-state index in [-0.39, 0.29) is 6.42 Å². The number of hydrogen-bond donors (Lipinski definition) is 7. The largest absolute Gasteiger partial charge is 0.397 e. The third-order valence-corrected chi connectivity index (χ3v) is 12.0. The number of aliphatic hydroxyl groups is 5. The number of unbranched alkanes of at least 4 members (excludes halogenated alkanes) is 27. The fraction of sp³-hybridized carbons (Fsp3) is 0.977. The molecule has 1 aliphatic heterocycles. The van der Waals surface area contributed by atoms with Gasteiger partial charge in [-0.25, -0.2) is 4.18 Å². The average molecular weight is 854 g/mol. The van der Waals surface area contributed by atoms with E-state index >= 15 is 0 Å². The molecule has 0 aromatic rings. The second kappa shape index (κ2) is 35.6. The third-order valence-electron chi connectivity index (χ3n) is 11.5. The van der Waals surface area contributed by atoms with Gasteiger partial charge in [-0.2, -0.15) is 8.42 Å². The predicted molar refractivity (Wildman–Crippen MR) is 229 cm³/mol. The van der Waals surface area contributed by atoms with Crippen LogP contribution in [0.25, 0.3) is 0 Å². The maximum atomic E-state index is 13.1. The summed E-state index contributed by atoms with van der Waals surface area (Å²) in [5.41, 5.74) is 0. The molecule has 7 N–H and O–H groups in total. The number of ether oxygens (including phenoxy) is 2. The quantitative estimate of drug-likeness (QED) is 0.0231. The Morgan fingerprint density at radius 1 is 0.621 bits per heavy atom. The normalized spacial score (nSPS) is 21.6. The smallest absolute Gasteiger partial charge is 0.394 e. The molecule has 8 atom stereocenters. The molecule has 13 nitrogen and oxygen atoms in total. The van der Waals surface area contributed by atoms with Crippen LogP contribution in [-0.4, -0.2) is 107 Å². The van der Waals surface area contributed by atoms with Crippen LogP contribution < -0.4 is 5.32 Å². The molecule has 8 unspecified atom stereocenters. The molecule has 0 bridgehead atoms. The molecule has 1 rings (SSSR count). The average Bonchev–Trinajstić information content (AvgIpc) is 3.19. The summed E-state index contributed by atoms with van der Waals surface area (Å²) in [6.07, 6.45) is 24.4. The molecular weight excluding hydrogens is 767 g/mol. The SMILES string of the molecule is CCCCCCCCCCCCCCCCCCCCCC(O)C(COC1OC(CO)C(O)C(OS(=O)(=O)O)C1O)NC(=O)C(O)CCCCCCCCCCCC. The molecule has 0 aliphatic carbocycles. The van der Waals surface area contributed by atoms with E-state index in [4.69, 9.17) is 9.47 Å². The van der Waals surface area contributed by atoms with Crippen LogP contribution in [0.5, 0.6) is 0 Å². The van der Waals surface area contributed by atoms with E-state index in [9.17, 15) is 43.3 Å². The van der Waals surface area contributed by atoms with Crippen LogP contribution in [0.3, 0.4) is 0 Å². The molecule has 0 spiro atoms. The number of hydrogen-bond acceptors (Lipinski definition) is 11. The topological polar surface area (TPSA) is 212 Å². The van der Waals surface area contributed by atoms with Gasteiger partial charge in [-0.05, 0) is 12.8 Å². The molecule has 0 aromatic heterocycles. The van der Waals surface area contributed by atoms with Crippen molar-refractivity contribution >= 4 is 16.3 Å². The molecule has 0 saturated carbocycles. The van der Waals surface area contributed by atoms with Crippen molar-refractivity contribution in [3.8, 4) is 0 Å². The molecule has 1 aliphatic rings. The molecular formula is C44H87NO12S. The molecule has 0 radical (unpaired) electrons. The zero-order valence-electron chi connectivity index (χ0n) is 36.5. The zero-order valence-corrected chi connectivity index (χ0v) is 37.3. The van der Waals surface area contributed by atoms with E-state index in [0.717, 1.165) is 38.5 Å². The fourth-order valence-electron chi connectivity index (χ4n) is 7.76. The van der Waals surface area contributed by atoms with Crippen LogP contribution in [0.1, 0.15) is 213 Å². The monoisotopic (exact) mass is 854 g/mol. The second-order valence-electron chi connectivity index (χ2n) is 16.9. The minimum Gasteiger partial charge on any atom is -0.394 e. The van der Waals surface area contributed by atoms with Crippen LogP contribution in [-0.2, 0) is 28.9 Å². The third kappa shape index (κ3) is 27.8. The van der Waals surface area contributed by atoms with Crippen LogP contribution in [0.4, 0.5) is 0 Å². The Morgan fingerprint density at radius 2 is 1.00 bits per heavy atom. The fourth-order valence-corrected chi connectivity index (χ4v) is 8.27. The number of amides is 1. The standard InChI is InChI=1S/C44H87NO12S/c1-3-5-7-9-11-13-15-16-17-18-19-20-21-22-23-25-26-28-30-32-37(47)36(45-43(51)38(48)33-31-29-27-24-14-12-10-8-6-4-2)35-55-44-41(50)42(57-58(52,53)54)40(49)39(34-46)56-44/h36-42,44,46-50H,3-35H2,1-2H3,(H,45,51)(H,52,53,54). The Kier molecular flexibility index (Phi) is 33.8. The van der Waals surface area contributed by atoms with Gasteiger partial charge >= 0.3 is 10.4 Å². The lowest BCUT2D eigenvalue weighted by molar-refractivity contribution is -0.298. The summed E-state index contributed by atoms with van der Waals surface area (Å²) >= 11 is 0. The molecule has 14 heteroatoms. The molecule has 1 heterocycles. The molecule has 1 fully saturated rings. The van der Waals surface area contributed by atoms with Crippen LogP contribution in [0, 0.1) is 0 Å². The van der Waals surface area contributed by atoms with Crippen LogP contribution in [0.15, 0.2) is 0 Å². The van der Waals surface area contributed by atoms with Gasteiger partial charge in [0.25, 0.3) is 0 Å². The van der Waals surface area contributed by atoms with Crippen molar-refractivity contribution < 1.29 is 57.0 Å². The van der Waals surface area contributed by atoms with Crippen molar-refractivity contribution in [1.82, 2.24) is 5.32 Å². The Hall–Kier alpha value is -0.940. The lowest BCUT2D eigenvalue weighted by Crippen LogP contribution is -2.61. The van der Waals surface area contributed by atoms with Gasteiger partial charge in [0.15, 0.2) is 6.29 Å². The van der Waals surface area contributed by atoms with Crippen molar-refractivity contribution in [2.75, 3.05) is 13.2 Å². The number of nitrogens with one attached hydrogen (secondary N) is 1. The lowest BCUT2D eigenvalue weighted by Gasteiger charge is -2.41. The number of carbonyl (C=O) groups is 1. The van der Waals surface area contributed by atoms with E-state index in [2.05, 4.69) is 23.3 Å². The highest BCUT2D eigenvalue weighted by atomic mass is 32.3. The number of aliphatic hydroxyl groups excluding tert-OH is 5. The molecule has 58 heavy (non-hydrogen) atoms. The zero-order chi connectivity index (χ0) is 42.9. The van der Waals surface area contributed by atoms with Crippen molar-refractivity contribution in [1.29, 1.82) is 0 Å². The first kappa shape index (κ1) is 55.1. The Bertz CT molecular complexity index is 1070. The van der Waals surface area contributed by atoms with Gasteiger partial charge in [0.2, 0.25) is 5.91 Å². The maximum absolute atomic E-state index is 13.1. The summed E-state index contributed by atoms with van der Waals surface area (Å²) in [5, 5.41) is 55.3. The van der Waals surface area contributed by atoms with Crippen LogP contribution in [0.2, 0.25) is 0 Å². The maximum Gasteiger partial charge on any atom is 0.397 e. The highest BCUT2D eigenvalue weighted by Gasteiger charge is 2.48. The van der Waals surface area contributed by atoms with Gasteiger partial charge in [0.1, 0.15) is 30.5 Å². The summed E-state index contributed by atoms with van der Waals surface area (Å²) in [4.78, 5) is 13.1. The first-order valence-corrected chi connectivity index (χ1v) is 24.9. The predicted octanol–water partition coefficient (Wildman–Crippen LogP) is 7.97. The van der Waals surface area contributed by atoms with Crippen molar-refractivity contribution in [2.24, 2.45) is 0 Å². The van der Waals surface area contributed by atoms with Gasteiger partial charge < -0.3 is 40.3 Å². The summed E-state index contributed by atoms with van der Waals surface area (Å²) in [7, 11) is -5.10. The Morgan fingerprint density at radius 3 is 1.38 bits per heavy atom. The van der Waals surface area contributed by atoms with E-state index in [1.165, 1.54) is 135 Å². The molecule has 346 valence electrons. The molecule has 1 amide bonds. The van der Waals surface area contributed by atoms with E-state index in [1.807, 2.05) is 0 Å². The Labute approximate surface area is 352 Å². The van der Waals surface area contributed by atoms with Crippen molar-refractivity contribution in [3.05, 3.63) is 0 Å². The van der Waals surface area contributed by atoms with E-state index in [1.54, 1.807) is 0 Å². The van der Waals surface area contributed by atoms with Crippen molar-refractivity contribution in [2.45, 2.75) is 262 Å². The first-order valence-electron chi connectivity index (χ1n) is 23.5. The lowest BCUT2D eigenvalue weighted by atomic mass is 9.99. The molecule has 0 aromatic carbocycles. The summed E-state index contributed by atoms with van der Waals surface area (Å²) in [6.45, 7) is 3.27. The molecule has 1 saturated heterocycles. The van der Waals surface area contributed by atoms with E-state index < -0.39 is 78.5 Å². The van der Waals surface area contributed by atoms with Gasteiger partial charge in [-0.1, -0.05) is 200 Å². The summed E-state index contributed by atoms with van der Waals surface area (Å²) in [5.74, 6) is -0.668. The summed E-state index contributed by atoms with van der Waals surface area (Å²) in [6, 6.07) is -1.03. The van der Waals surface area contributed by atoms with Gasteiger partial charge in [0, 0.05) is 0 Å². The van der Waals surface area contributed by atoms with Gasteiger partial charge in [-0.15, -0.1) is 0 Å². The minimum absolute atomic E-state index is 0.264. The second-order valence-corrected chi connectivity index (χ2v) is 17.9. The van der Waals surface area contributed by atoms with Gasteiger partial charge in [-0.3, -0.25) is 9.35 Å². The highest BCUT2D eigenvalue weighted by molar-refractivity contribution is 7.80. The first-order chi connectivity index (χ1) is 27.9. The number of rotatable bonds is 40.